The minimum Gasteiger partial charge on any atom is -0.379 e. The molecule has 0 saturated carbocycles. The van der Waals surface area contributed by atoms with Gasteiger partial charge in [-0.2, -0.15) is 0 Å². The summed E-state index contributed by atoms with van der Waals surface area (Å²) < 4.78 is 0. The van der Waals surface area contributed by atoms with Crippen molar-refractivity contribution in [2.75, 3.05) is 5.73 Å². The molecule has 0 unspecified atom stereocenters. The number of hydrogen-bond acceptors (Lipinski definition) is 3. The molecule has 4 heteroatoms. The van der Waals surface area contributed by atoms with Crippen molar-refractivity contribution in [2.24, 2.45) is 0 Å². The molecule has 0 amide bonds. The maximum atomic E-state index is 11.4. The van der Waals surface area contributed by atoms with Gasteiger partial charge in [0.25, 0.3) is 5.56 Å². The maximum absolute atomic E-state index is 11.4. The van der Waals surface area contributed by atoms with Gasteiger partial charge in [0.15, 0.2) is 5.82 Å². The molecule has 0 aliphatic carbocycles. The van der Waals surface area contributed by atoms with Crippen LogP contribution >= 0.6 is 0 Å². The quantitative estimate of drug-likeness (QED) is 0.759. The van der Waals surface area contributed by atoms with Crippen LogP contribution in [0.1, 0.15) is 11.1 Å². The van der Waals surface area contributed by atoms with Gasteiger partial charge in [0, 0.05) is 5.56 Å². The molecule has 1 heterocycles. The van der Waals surface area contributed by atoms with Crippen LogP contribution in [-0.2, 0) is 0 Å². The highest BCUT2D eigenvalue weighted by Crippen LogP contribution is 2.21. The van der Waals surface area contributed by atoms with Crippen LogP contribution < -0.4 is 11.3 Å². The molecule has 0 saturated heterocycles. The second-order valence-corrected chi connectivity index (χ2v) is 3.83. The number of nitrogen functional groups attached to an aromatic ring is 1. The number of nitrogens with zero attached hydrogens (tertiary/aromatic N) is 1. The fourth-order valence-corrected chi connectivity index (χ4v) is 1.57. The lowest BCUT2D eigenvalue weighted by atomic mass is 10.0. The minimum atomic E-state index is -0.349. The molecule has 16 heavy (non-hydrogen) atoms. The van der Waals surface area contributed by atoms with E-state index >= 15 is 0 Å². The molecule has 0 bridgehead atoms. The van der Waals surface area contributed by atoms with Gasteiger partial charge < -0.3 is 10.7 Å². The molecule has 0 spiro atoms. The van der Waals surface area contributed by atoms with Crippen LogP contribution in [0.15, 0.2) is 29.2 Å². The van der Waals surface area contributed by atoms with Gasteiger partial charge in [-0.15, -0.1) is 0 Å². The van der Waals surface area contributed by atoms with E-state index in [2.05, 4.69) is 9.97 Å². The molecule has 1 aromatic carbocycles. The number of aromatic nitrogens is 2. The van der Waals surface area contributed by atoms with Crippen LogP contribution in [0.5, 0.6) is 0 Å². The van der Waals surface area contributed by atoms with Crippen molar-refractivity contribution in [1.29, 1.82) is 0 Å². The third-order valence-corrected chi connectivity index (χ3v) is 2.50. The van der Waals surface area contributed by atoms with Crippen LogP contribution in [0.4, 0.5) is 5.82 Å². The molecule has 3 N–H and O–H groups in total. The lowest BCUT2D eigenvalue weighted by molar-refractivity contribution is 1.15. The molecular formula is C12H13N3O. The van der Waals surface area contributed by atoms with Gasteiger partial charge in [0.05, 0.1) is 11.9 Å². The van der Waals surface area contributed by atoms with Crippen molar-refractivity contribution in [3.63, 3.8) is 0 Å². The molecule has 0 fully saturated rings. The molecule has 0 radical (unpaired) electrons. The summed E-state index contributed by atoms with van der Waals surface area (Å²) in [5.74, 6) is -0.00550. The second kappa shape index (κ2) is 3.81. The van der Waals surface area contributed by atoms with Crippen LogP contribution in [-0.4, -0.2) is 9.97 Å². The number of nitrogens with one attached hydrogen (secondary N) is 1. The Morgan fingerprint density at radius 3 is 2.75 bits per heavy atom. The van der Waals surface area contributed by atoms with Crippen LogP contribution in [0, 0.1) is 13.8 Å². The zero-order chi connectivity index (χ0) is 11.7. The highest BCUT2D eigenvalue weighted by atomic mass is 16.1. The van der Waals surface area contributed by atoms with Crippen LogP contribution in [0.25, 0.3) is 11.3 Å². The summed E-state index contributed by atoms with van der Waals surface area (Å²) in [6.45, 7) is 4.00. The first kappa shape index (κ1) is 10.4. The Labute approximate surface area is 93.2 Å². The summed E-state index contributed by atoms with van der Waals surface area (Å²) in [4.78, 5) is 17.9. The average Bonchev–Trinajstić information content (AvgIpc) is 2.26. The zero-order valence-electron chi connectivity index (χ0n) is 9.24. The Bertz CT molecular complexity index is 587. The third kappa shape index (κ3) is 1.82. The van der Waals surface area contributed by atoms with Gasteiger partial charge in [-0.05, 0) is 25.5 Å². The standard InChI is InChI=1S/C12H13N3O/c1-7-3-4-8(2)9(5-7)10-6-14-11(13)12(16)15-10/h3-6H,1-2H3,(H2,13,14)(H,15,16). The minimum absolute atomic E-state index is 0.00550. The van der Waals surface area contributed by atoms with Crippen LogP contribution in [0.3, 0.4) is 0 Å². The SMILES string of the molecule is Cc1ccc(C)c(-c2cnc(N)c(=O)[nH]2)c1. The predicted octanol–water partition coefficient (Wildman–Crippen LogP) is 1.64. The lowest BCUT2D eigenvalue weighted by Crippen LogP contribution is -2.14. The summed E-state index contributed by atoms with van der Waals surface area (Å²) in [6, 6.07) is 6.06. The molecule has 82 valence electrons. The van der Waals surface area contributed by atoms with Crippen molar-refractivity contribution < 1.29 is 0 Å². The highest BCUT2D eigenvalue weighted by molar-refractivity contribution is 5.63. The Balaban J connectivity index is 2.63. The van der Waals surface area contributed by atoms with E-state index in [0.29, 0.717) is 5.69 Å². The van der Waals surface area contributed by atoms with E-state index in [-0.39, 0.29) is 11.4 Å². The molecule has 0 atom stereocenters. The molecule has 2 rings (SSSR count). The summed E-state index contributed by atoms with van der Waals surface area (Å²) in [7, 11) is 0. The third-order valence-electron chi connectivity index (χ3n) is 2.50. The number of aryl methyl sites for hydroxylation is 2. The van der Waals surface area contributed by atoms with Crippen molar-refractivity contribution in [2.45, 2.75) is 13.8 Å². The number of H-pyrrole nitrogens is 1. The number of hydrogen-bond donors (Lipinski definition) is 2. The van der Waals surface area contributed by atoms with Gasteiger partial charge in [-0.25, -0.2) is 4.98 Å². The molecule has 2 aromatic rings. The summed E-state index contributed by atoms with van der Waals surface area (Å²) in [6.07, 6.45) is 1.58. The number of aromatic amines is 1. The number of anilines is 1. The first-order valence-electron chi connectivity index (χ1n) is 5.00. The van der Waals surface area contributed by atoms with E-state index in [1.807, 2.05) is 32.0 Å². The smallest absolute Gasteiger partial charge is 0.290 e. The molecule has 1 aromatic heterocycles. The summed E-state index contributed by atoms with van der Waals surface area (Å²) in [5.41, 5.74) is 8.93. The van der Waals surface area contributed by atoms with E-state index < -0.39 is 0 Å². The predicted molar refractivity (Wildman–Crippen MR) is 64.2 cm³/mol. The fraction of sp³-hybridized carbons (Fsp3) is 0.167. The normalized spacial score (nSPS) is 10.4. The largest absolute Gasteiger partial charge is 0.379 e. The summed E-state index contributed by atoms with van der Waals surface area (Å²) >= 11 is 0. The van der Waals surface area contributed by atoms with Gasteiger partial charge >= 0.3 is 0 Å². The summed E-state index contributed by atoms with van der Waals surface area (Å²) in [5, 5.41) is 0. The number of rotatable bonds is 1. The Morgan fingerprint density at radius 1 is 1.31 bits per heavy atom. The Morgan fingerprint density at radius 2 is 2.06 bits per heavy atom. The first-order chi connectivity index (χ1) is 7.58. The Kier molecular flexibility index (Phi) is 2.48. The fourth-order valence-electron chi connectivity index (χ4n) is 1.57. The van der Waals surface area contributed by atoms with E-state index in [4.69, 9.17) is 5.73 Å². The number of nitrogens with two attached hydrogens (primary N) is 1. The second-order valence-electron chi connectivity index (χ2n) is 3.83. The monoisotopic (exact) mass is 215 g/mol. The van der Waals surface area contributed by atoms with Crippen molar-refractivity contribution in [1.82, 2.24) is 9.97 Å². The molecule has 0 aliphatic rings. The van der Waals surface area contributed by atoms with Crippen LogP contribution in [0.2, 0.25) is 0 Å². The van der Waals surface area contributed by atoms with E-state index in [1.54, 1.807) is 6.20 Å². The van der Waals surface area contributed by atoms with Gasteiger partial charge in [-0.1, -0.05) is 17.7 Å². The zero-order valence-corrected chi connectivity index (χ0v) is 9.24. The molecule has 4 nitrogen and oxygen atoms in total. The van der Waals surface area contributed by atoms with Gasteiger partial charge in [0.2, 0.25) is 0 Å². The van der Waals surface area contributed by atoms with Gasteiger partial charge in [0.1, 0.15) is 0 Å². The molecule has 0 aliphatic heterocycles. The molecular weight excluding hydrogens is 202 g/mol. The van der Waals surface area contributed by atoms with Gasteiger partial charge in [-0.3, -0.25) is 4.79 Å². The van der Waals surface area contributed by atoms with E-state index in [1.165, 1.54) is 0 Å². The first-order valence-corrected chi connectivity index (χ1v) is 5.00. The van der Waals surface area contributed by atoms with Crippen molar-refractivity contribution in [3.05, 3.63) is 45.9 Å². The van der Waals surface area contributed by atoms with Crippen molar-refractivity contribution in [3.8, 4) is 11.3 Å². The average molecular weight is 215 g/mol. The van der Waals surface area contributed by atoms with E-state index in [0.717, 1.165) is 16.7 Å². The number of benzene rings is 1. The highest BCUT2D eigenvalue weighted by Gasteiger charge is 2.05. The van der Waals surface area contributed by atoms with Crippen molar-refractivity contribution >= 4 is 5.82 Å². The lowest BCUT2D eigenvalue weighted by Gasteiger charge is -2.06. The van der Waals surface area contributed by atoms with E-state index in [9.17, 15) is 4.79 Å². The Hall–Kier alpha value is -2.10. The maximum Gasteiger partial charge on any atom is 0.290 e. The topological polar surface area (TPSA) is 71.8 Å².